The van der Waals surface area contributed by atoms with Gasteiger partial charge in [0.1, 0.15) is 5.75 Å². The third kappa shape index (κ3) is 3.16. The van der Waals surface area contributed by atoms with Crippen LogP contribution >= 0.6 is 11.8 Å². The van der Waals surface area contributed by atoms with Crippen LogP contribution in [-0.4, -0.2) is 33.4 Å². The van der Waals surface area contributed by atoms with Gasteiger partial charge in [-0.05, 0) is 36.2 Å². The van der Waals surface area contributed by atoms with E-state index < -0.39 is 0 Å². The van der Waals surface area contributed by atoms with Gasteiger partial charge in [-0.2, -0.15) is 9.78 Å². The average Bonchev–Trinajstić information content (AvgIpc) is 2.98. The van der Waals surface area contributed by atoms with Crippen LogP contribution in [0.25, 0.3) is 0 Å². The highest BCUT2D eigenvalue weighted by atomic mass is 32.2. The van der Waals surface area contributed by atoms with Crippen molar-refractivity contribution in [1.29, 1.82) is 0 Å². The second-order valence-electron chi connectivity index (χ2n) is 5.23. The van der Waals surface area contributed by atoms with E-state index in [9.17, 15) is 0 Å². The van der Waals surface area contributed by atoms with Crippen molar-refractivity contribution in [3.63, 3.8) is 0 Å². The summed E-state index contributed by atoms with van der Waals surface area (Å²) in [4.78, 5) is 0. The summed E-state index contributed by atoms with van der Waals surface area (Å²) in [5, 5.41) is 14.2. The molecule has 0 atom stereocenters. The fourth-order valence-electron chi connectivity index (χ4n) is 2.38. The van der Waals surface area contributed by atoms with Gasteiger partial charge in [0, 0.05) is 12.2 Å². The molecule has 1 aliphatic heterocycles. The van der Waals surface area contributed by atoms with E-state index in [-0.39, 0.29) is 0 Å². The van der Waals surface area contributed by atoms with Crippen molar-refractivity contribution in [1.82, 2.24) is 14.9 Å². The Morgan fingerprint density at radius 2 is 2.00 bits per heavy atom. The number of benzene rings is 1. The normalized spacial score (nSPS) is 13.6. The molecule has 0 saturated carbocycles. The van der Waals surface area contributed by atoms with Crippen molar-refractivity contribution in [2.24, 2.45) is 5.10 Å². The predicted octanol–water partition coefficient (Wildman–Crippen LogP) is 3.38. The molecule has 0 fully saturated rings. The van der Waals surface area contributed by atoms with Gasteiger partial charge in [-0.25, -0.2) is 0 Å². The quantitative estimate of drug-likeness (QED) is 0.767. The predicted molar refractivity (Wildman–Crippen MR) is 88.9 cm³/mol. The summed E-state index contributed by atoms with van der Waals surface area (Å²) in [5.74, 6) is 2.64. The summed E-state index contributed by atoms with van der Waals surface area (Å²) in [6.07, 6.45) is 4.48. The van der Waals surface area contributed by atoms with E-state index in [0.717, 1.165) is 46.6 Å². The summed E-state index contributed by atoms with van der Waals surface area (Å²) in [6.45, 7) is 2.20. The Bertz CT molecular complexity index is 663. The molecule has 22 heavy (non-hydrogen) atoms. The Morgan fingerprint density at radius 3 is 2.73 bits per heavy atom. The van der Waals surface area contributed by atoms with Crippen LogP contribution in [0.3, 0.4) is 0 Å². The number of rotatable bonds is 6. The number of methoxy groups -OCH3 is 1. The Hall–Kier alpha value is -1.82. The first kappa shape index (κ1) is 15.1. The molecule has 0 aliphatic carbocycles. The van der Waals surface area contributed by atoms with Crippen LogP contribution < -0.4 is 4.74 Å². The van der Waals surface area contributed by atoms with Crippen LogP contribution in [0.1, 0.15) is 37.6 Å². The number of aryl methyl sites for hydroxylation is 1. The van der Waals surface area contributed by atoms with E-state index >= 15 is 0 Å². The number of ether oxygens (including phenoxy) is 1. The van der Waals surface area contributed by atoms with Gasteiger partial charge in [-0.15, -0.1) is 10.2 Å². The molecule has 0 spiro atoms. The Morgan fingerprint density at radius 1 is 1.18 bits per heavy atom. The second-order valence-corrected chi connectivity index (χ2v) is 6.17. The molecule has 3 rings (SSSR count). The minimum Gasteiger partial charge on any atom is -0.497 e. The van der Waals surface area contributed by atoms with Gasteiger partial charge in [-0.1, -0.05) is 31.5 Å². The summed E-state index contributed by atoms with van der Waals surface area (Å²) >= 11 is 1.69. The molecule has 0 amide bonds. The molecule has 0 saturated heterocycles. The van der Waals surface area contributed by atoms with Crippen LogP contribution in [0, 0.1) is 0 Å². The zero-order valence-electron chi connectivity index (χ0n) is 13.0. The number of hydrogen-bond acceptors (Lipinski definition) is 5. The van der Waals surface area contributed by atoms with Crippen molar-refractivity contribution in [2.45, 2.75) is 37.8 Å². The lowest BCUT2D eigenvalue weighted by molar-refractivity contribution is 0.415. The molecule has 0 unspecified atom stereocenters. The van der Waals surface area contributed by atoms with Gasteiger partial charge in [0.2, 0.25) is 5.16 Å². The van der Waals surface area contributed by atoms with E-state index in [4.69, 9.17) is 9.84 Å². The van der Waals surface area contributed by atoms with E-state index in [1.165, 1.54) is 12.8 Å². The first-order chi connectivity index (χ1) is 10.8. The largest absolute Gasteiger partial charge is 0.497 e. The van der Waals surface area contributed by atoms with Crippen molar-refractivity contribution < 1.29 is 4.74 Å². The molecular weight excluding hydrogens is 296 g/mol. The van der Waals surface area contributed by atoms with Crippen LogP contribution in [0.5, 0.6) is 5.75 Å². The highest BCUT2D eigenvalue weighted by molar-refractivity contribution is 7.99. The summed E-state index contributed by atoms with van der Waals surface area (Å²) < 4.78 is 7.11. The van der Waals surface area contributed by atoms with Gasteiger partial charge in [-0.3, -0.25) is 0 Å². The molecule has 2 heterocycles. The van der Waals surface area contributed by atoms with Gasteiger partial charge in [0.15, 0.2) is 5.82 Å². The zero-order valence-corrected chi connectivity index (χ0v) is 13.8. The molecule has 1 aliphatic rings. The fourth-order valence-corrected chi connectivity index (χ4v) is 3.24. The molecule has 6 heteroatoms. The number of fused-ring (bicyclic) bond motifs is 1. The number of unbranched alkanes of at least 4 members (excludes halogenated alkanes) is 2. The Kier molecular flexibility index (Phi) is 4.77. The topological polar surface area (TPSA) is 52.3 Å². The maximum atomic E-state index is 5.20. The highest BCUT2D eigenvalue weighted by Crippen LogP contribution is 2.25. The van der Waals surface area contributed by atoms with E-state index in [1.54, 1.807) is 18.9 Å². The van der Waals surface area contributed by atoms with Crippen LogP contribution in [0.15, 0.2) is 34.5 Å². The monoisotopic (exact) mass is 316 g/mol. The van der Waals surface area contributed by atoms with Crippen LogP contribution in [0.4, 0.5) is 0 Å². The molecule has 5 nitrogen and oxygen atoms in total. The first-order valence-corrected chi connectivity index (χ1v) is 8.59. The maximum Gasteiger partial charge on any atom is 0.212 e. The SMILES string of the molecule is CCCCCc1nnc2n1N=C(c1ccc(OC)cc1)CS2. The third-order valence-electron chi connectivity index (χ3n) is 3.66. The van der Waals surface area contributed by atoms with E-state index in [1.807, 2.05) is 28.9 Å². The lowest BCUT2D eigenvalue weighted by Gasteiger charge is -2.14. The van der Waals surface area contributed by atoms with Gasteiger partial charge in [0.25, 0.3) is 0 Å². The molecule has 0 bridgehead atoms. The molecule has 2 aromatic rings. The summed E-state index contributed by atoms with van der Waals surface area (Å²) in [7, 11) is 1.68. The van der Waals surface area contributed by atoms with Crippen molar-refractivity contribution in [3.05, 3.63) is 35.7 Å². The molecule has 116 valence electrons. The highest BCUT2D eigenvalue weighted by Gasteiger charge is 2.19. The van der Waals surface area contributed by atoms with Crippen LogP contribution in [-0.2, 0) is 6.42 Å². The summed E-state index contributed by atoms with van der Waals surface area (Å²) in [5.41, 5.74) is 2.17. The third-order valence-corrected chi connectivity index (χ3v) is 4.59. The molecule has 1 aromatic heterocycles. The fraction of sp³-hybridized carbons (Fsp3) is 0.438. The second kappa shape index (κ2) is 6.96. The lowest BCUT2D eigenvalue weighted by atomic mass is 10.1. The number of nitrogens with zero attached hydrogens (tertiary/aromatic N) is 4. The van der Waals surface area contributed by atoms with Crippen molar-refractivity contribution >= 4 is 17.5 Å². The van der Waals surface area contributed by atoms with E-state index in [2.05, 4.69) is 17.1 Å². The minimum atomic E-state index is 0.819. The molecule has 1 aromatic carbocycles. The molecular formula is C16H20N4OS. The first-order valence-electron chi connectivity index (χ1n) is 7.61. The number of hydrogen-bond donors (Lipinski definition) is 0. The Labute approximate surface area is 134 Å². The zero-order chi connectivity index (χ0) is 15.4. The lowest BCUT2D eigenvalue weighted by Crippen LogP contribution is -2.14. The molecule has 0 radical (unpaired) electrons. The maximum absolute atomic E-state index is 5.20. The van der Waals surface area contributed by atoms with E-state index in [0.29, 0.717) is 0 Å². The summed E-state index contributed by atoms with van der Waals surface area (Å²) in [6, 6.07) is 8.02. The average molecular weight is 316 g/mol. The van der Waals surface area contributed by atoms with Crippen molar-refractivity contribution in [2.75, 3.05) is 12.9 Å². The van der Waals surface area contributed by atoms with Crippen molar-refractivity contribution in [3.8, 4) is 5.75 Å². The molecule has 0 N–H and O–H groups in total. The van der Waals surface area contributed by atoms with Gasteiger partial charge >= 0.3 is 0 Å². The Balaban J connectivity index is 1.83. The minimum absolute atomic E-state index is 0.819. The van der Waals surface area contributed by atoms with Gasteiger partial charge < -0.3 is 4.74 Å². The van der Waals surface area contributed by atoms with Gasteiger partial charge in [0.05, 0.1) is 12.8 Å². The van der Waals surface area contributed by atoms with Crippen LogP contribution in [0.2, 0.25) is 0 Å². The smallest absolute Gasteiger partial charge is 0.212 e. The number of aromatic nitrogens is 3. The number of thioether (sulfide) groups is 1. The standard InChI is InChI=1S/C16H20N4OS/c1-3-4-5-6-15-17-18-16-20(15)19-14(11-22-16)12-7-9-13(21-2)10-8-12/h7-10H,3-6,11H2,1-2H3.